The number of pyridine rings is 1. The van der Waals surface area contributed by atoms with Crippen molar-refractivity contribution in [2.45, 2.75) is 6.92 Å². The van der Waals surface area contributed by atoms with Gasteiger partial charge < -0.3 is 5.73 Å². The molecule has 0 amide bonds. The lowest BCUT2D eigenvalue weighted by Gasteiger charge is -2.07. The van der Waals surface area contributed by atoms with Gasteiger partial charge in [-0.3, -0.25) is 9.48 Å². The van der Waals surface area contributed by atoms with Crippen molar-refractivity contribution in [3.05, 3.63) is 29.5 Å². The lowest BCUT2D eigenvalue weighted by Crippen LogP contribution is -1.99. The molecule has 0 bridgehead atoms. The van der Waals surface area contributed by atoms with E-state index in [4.69, 9.17) is 17.3 Å². The molecule has 0 aliphatic rings. The van der Waals surface area contributed by atoms with Crippen molar-refractivity contribution in [2.75, 3.05) is 5.73 Å². The summed E-state index contributed by atoms with van der Waals surface area (Å²) in [6.07, 6.45) is 1.67. The Morgan fingerprint density at radius 2 is 2.11 bits per heavy atom. The van der Waals surface area contributed by atoms with Gasteiger partial charge in [0, 0.05) is 18.0 Å². The zero-order valence-corrected chi connectivity index (χ0v) is 11.2. The lowest BCUT2D eigenvalue weighted by atomic mass is 10.0. The van der Waals surface area contributed by atoms with E-state index >= 15 is 0 Å². The zero-order valence-electron chi connectivity index (χ0n) is 10.4. The van der Waals surface area contributed by atoms with Crippen molar-refractivity contribution in [1.82, 2.24) is 14.8 Å². The number of aromatic nitrogens is 3. The largest absolute Gasteiger partial charge is 0.383 e. The van der Waals surface area contributed by atoms with Gasteiger partial charge in [-0.25, -0.2) is 4.98 Å². The SMILES string of the molecule is Cc1cc2nc(N)c3cnn(C)c3c2cc1C(=O)Cl. The molecule has 3 rings (SSSR count). The molecule has 0 fully saturated rings. The average molecular weight is 275 g/mol. The van der Waals surface area contributed by atoms with Crippen LogP contribution in [0.5, 0.6) is 0 Å². The molecule has 0 saturated heterocycles. The minimum Gasteiger partial charge on any atom is -0.383 e. The fraction of sp³-hybridized carbons (Fsp3) is 0.154. The predicted molar refractivity (Wildman–Crippen MR) is 75.3 cm³/mol. The Kier molecular flexibility index (Phi) is 2.46. The van der Waals surface area contributed by atoms with E-state index in [2.05, 4.69) is 10.1 Å². The van der Waals surface area contributed by atoms with Gasteiger partial charge in [-0.2, -0.15) is 5.10 Å². The number of aryl methyl sites for hydroxylation is 2. The minimum atomic E-state index is -0.480. The average Bonchev–Trinajstić information content (AvgIpc) is 2.71. The molecule has 96 valence electrons. The smallest absolute Gasteiger partial charge is 0.252 e. The summed E-state index contributed by atoms with van der Waals surface area (Å²) in [6.45, 7) is 1.82. The van der Waals surface area contributed by atoms with E-state index in [1.165, 1.54) is 0 Å². The summed E-state index contributed by atoms with van der Waals surface area (Å²) in [5, 5.41) is 5.29. The van der Waals surface area contributed by atoms with Crippen molar-refractivity contribution in [3.63, 3.8) is 0 Å². The molecule has 0 aliphatic carbocycles. The molecular formula is C13H11ClN4O. The molecule has 19 heavy (non-hydrogen) atoms. The van der Waals surface area contributed by atoms with Crippen molar-refractivity contribution >= 4 is 44.5 Å². The van der Waals surface area contributed by atoms with Gasteiger partial charge >= 0.3 is 0 Å². The van der Waals surface area contributed by atoms with Gasteiger partial charge in [0.2, 0.25) is 0 Å². The first-order chi connectivity index (χ1) is 8.99. The van der Waals surface area contributed by atoms with Crippen LogP contribution in [0.25, 0.3) is 21.8 Å². The van der Waals surface area contributed by atoms with Crippen LogP contribution in [0.15, 0.2) is 18.3 Å². The molecule has 6 heteroatoms. The van der Waals surface area contributed by atoms with E-state index in [0.717, 1.165) is 27.4 Å². The number of anilines is 1. The standard InChI is InChI=1S/C13H11ClN4O/c1-6-3-10-8(4-7(6)12(14)19)11-9(13(15)17-10)5-16-18(11)2/h3-5H,1-2H3,(H2,15,17). The first kappa shape index (κ1) is 11.9. The summed E-state index contributed by atoms with van der Waals surface area (Å²) in [6, 6.07) is 3.56. The van der Waals surface area contributed by atoms with Crippen LogP contribution in [0.1, 0.15) is 15.9 Å². The van der Waals surface area contributed by atoms with Crippen LogP contribution in [-0.2, 0) is 7.05 Å². The van der Waals surface area contributed by atoms with E-state index in [1.54, 1.807) is 16.9 Å². The number of nitrogen functional groups attached to an aromatic ring is 1. The normalized spacial score (nSPS) is 11.3. The Morgan fingerprint density at radius 1 is 1.37 bits per heavy atom. The summed E-state index contributed by atoms with van der Waals surface area (Å²) in [4.78, 5) is 15.8. The first-order valence-electron chi connectivity index (χ1n) is 5.70. The van der Waals surface area contributed by atoms with E-state index in [9.17, 15) is 4.79 Å². The van der Waals surface area contributed by atoms with Gasteiger partial charge in [0.05, 0.1) is 22.6 Å². The van der Waals surface area contributed by atoms with E-state index in [-0.39, 0.29) is 0 Å². The van der Waals surface area contributed by atoms with Crippen molar-refractivity contribution in [1.29, 1.82) is 0 Å². The number of hydrogen-bond donors (Lipinski definition) is 1. The number of rotatable bonds is 1. The highest BCUT2D eigenvalue weighted by Gasteiger charge is 2.14. The Morgan fingerprint density at radius 3 is 2.79 bits per heavy atom. The molecule has 5 nitrogen and oxygen atoms in total. The van der Waals surface area contributed by atoms with Crippen molar-refractivity contribution in [3.8, 4) is 0 Å². The maximum atomic E-state index is 11.4. The Balaban J connectivity index is 2.56. The minimum absolute atomic E-state index is 0.431. The molecule has 3 aromatic rings. The van der Waals surface area contributed by atoms with Crippen LogP contribution in [0.3, 0.4) is 0 Å². The molecular weight excluding hydrogens is 264 g/mol. The van der Waals surface area contributed by atoms with Crippen LogP contribution in [0.2, 0.25) is 0 Å². The molecule has 2 N–H and O–H groups in total. The van der Waals surface area contributed by atoms with Gasteiger partial charge in [-0.1, -0.05) is 0 Å². The highest BCUT2D eigenvalue weighted by molar-refractivity contribution is 6.68. The van der Waals surface area contributed by atoms with Crippen LogP contribution < -0.4 is 5.73 Å². The van der Waals surface area contributed by atoms with Gasteiger partial charge in [0.15, 0.2) is 0 Å². The number of hydrogen-bond acceptors (Lipinski definition) is 4. The molecule has 0 saturated carbocycles. The number of fused-ring (bicyclic) bond motifs is 3. The topological polar surface area (TPSA) is 73.8 Å². The molecule has 0 radical (unpaired) electrons. The summed E-state index contributed by atoms with van der Waals surface area (Å²) >= 11 is 5.60. The number of benzene rings is 1. The fourth-order valence-electron chi connectivity index (χ4n) is 2.32. The molecule has 0 aliphatic heterocycles. The quantitative estimate of drug-likeness (QED) is 0.692. The Hall–Kier alpha value is -2.14. The second kappa shape index (κ2) is 3.93. The van der Waals surface area contributed by atoms with Gasteiger partial charge in [-0.15, -0.1) is 0 Å². The number of halogens is 1. The summed E-state index contributed by atoms with van der Waals surface area (Å²) in [5.41, 5.74) is 8.76. The highest BCUT2D eigenvalue weighted by Crippen LogP contribution is 2.29. The van der Waals surface area contributed by atoms with Gasteiger partial charge in [0.1, 0.15) is 5.82 Å². The lowest BCUT2D eigenvalue weighted by molar-refractivity contribution is 0.108. The first-order valence-corrected chi connectivity index (χ1v) is 6.08. The van der Waals surface area contributed by atoms with Gasteiger partial charge in [0.25, 0.3) is 5.24 Å². The Bertz CT molecular complexity index is 838. The summed E-state index contributed by atoms with van der Waals surface area (Å²) in [5.74, 6) is 0.431. The third kappa shape index (κ3) is 1.66. The highest BCUT2D eigenvalue weighted by atomic mass is 35.5. The van der Waals surface area contributed by atoms with Crippen LogP contribution in [-0.4, -0.2) is 20.0 Å². The summed E-state index contributed by atoms with van der Waals surface area (Å²) < 4.78 is 1.72. The molecule has 0 spiro atoms. The maximum absolute atomic E-state index is 11.4. The van der Waals surface area contributed by atoms with Crippen molar-refractivity contribution < 1.29 is 4.79 Å². The van der Waals surface area contributed by atoms with Crippen LogP contribution >= 0.6 is 11.6 Å². The number of carbonyl (C=O) groups is 1. The van der Waals surface area contributed by atoms with Crippen molar-refractivity contribution in [2.24, 2.45) is 7.05 Å². The van der Waals surface area contributed by atoms with Crippen LogP contribution in [0.4, 0.5) is 5.82 Å². The summed E-state index contributed by atoms with van der Waals surface area (Å²) in [7, 11) is 1.82. The van der Waals surface area contributed by atoms with E-state index in [1.807, 2.05) is 20.0 Å². The monoisotopic (exact) mass is 274 g/mol. The molecule has 1 aromatic carbocycles. The molecule has 2 aromatic heterocycles. The molecule has 0 unspecified atom stereocenters. The maximum Gasteiger partial charge on any atom is 0.252 e. The number of nitrogens with two attached hydrogens (primary N) is 1. The Labute approximate surface area is 114 Å². The molecule has 0 atom stereocenters. The van der Waals surface area contributed by atoms with E-state index < -0.39 is 5.24 Å². The third-order valence-electron chi connectivity index (χ3n) is 3.27. The van der Waals surface area contributed by atoms with Crippen LogP contribution in [0, 0.1) is 6.92 Å². The zero-order chi connectivity index (χ0) is 13.7. The number of carbonyl (C=O) groups excluding carboxylic acids is 1. The second-order valence-electron chi connectivity index (χ2n) is 4.49. The predicted octanol–water partition coefficient (Wildman–Crippen LogP) is 2.39. The van der Waals surface area contributed by atoms with E-state index in [0.29, 0.717) is 11.4 Å². The fourth-order valence-corrected chi connectivity index (χ4v) is 2.52. The van der Waals surface area contributed by atoms with Gasteiger partial charge in [-0.05, 0) is 36.2 Å². The number of nitrogens with zero attached hydrogens (tertiary/aromatic N) is 3. The second-order valence-corrected chi connectivity index (χ2v) is 4.83. The molecule has 2 heterocycles. The third-order valence-corrected chi connectivity index (χ3v) is 3.47.